The summed E-state index contributed by atoms with van der Waals surface area (Å²) in [6.07, 6.45) is -0.271. The zero-order valence-electron chi connectivity index (χ0n) is 6.09. The molecule has 0 N–H and O–H groups in total. The molecule has 1 saturated heterocycles. The van der Waals surface area contributed by atoms with Gasteiger partial charge in [-0.25, -0.2) is 4.79 Å². The highest BCUT2D eigenvalue weighted by atomic mass is 16.8. The van der Waals surface area contributed by atoms with E-state index in [2.05, 4.69) is 6.58 Å². The van der Waals surface area contributed by atoms with Gasteiger partial charge >= 0.3 is 5.97 Å². The highest BCUT2D eigenvalue weighted by Crippen LogP contribution is 2.22. The fraction of sp³-hybridized carbons (Fsp3) is 0.571. The highest BCUT2D eigenvalue weighted by Gasteiger charge is 2.38. The van der Waals surface area contributed by atoms with E-state index >= 15 is 0 Å². The topological polar surface area (TPSA) is 38.8 Å². The van der Waals surface area contributed by atoms with E-state index in [-0.39, 0.29) is 18.4 Å². The third-order valence-electron chi connectivity index (χ3n) is 1.23. The van der Waals surface area contributed by atoms with Gasteiger partial charge in [-0.2, -0.15) is 0 Å². The summed E-state index contributed by atoms with van der Waals surface area (Å²) in [5.41, 5.74) is 0.405. The molecule has 56 valence electrons. The largest absolute Gasteiger partial charge is 0.430 e. The van der Waals surface area contributed by atoms with Crippen LogP contribution in [0.25, 0.3) is 0 Å². The minimum atomic E-state index is -0.380. The van der Waals surface area contributed by atoms with Crippen molar-refractivity contribution in [2.24, 2.45) is 0 Å². The van der Waals surface area contributed by atoms with Gasteiger partial charge in [0.25, 0.3) is 0 Å². The van der Waals surface area contributed by atoms with Crippen molar-refractivity contribution in [2.45, 2.75) is 26.2 Å². The molecule has 3 nitrogen and oxygen atoms in total. The molecular formula is C7H10O3. The van der Waals surface area contributed by atoms with Crippen LogP contribution in [-0.4, -0.2) is 18.4 Å². The average Bonchev–Trinajstić information content (AvgIpc) is 2.46. The van der Waals surface area contributed by atoms with Gasteiger partial charge in [0.1, 0.15) is 6.10 Å². The Labute approximate surface area is 59.6 Å². The quantitative estimate of drug-likeness (QED) is 0.326. The van der Waals surface area contributed by atoms with Crippen molar-refractivity contribution < 1.29 is 14.3 Å². The molecule has 0 bridgehead atoms. The maximum absolute atomic E-state index is 10.7. The van der Waals surface area contributed by atoms with Crippen molar-refractivity contribution in [3.63, 3.8) is 0 Å². The van der Waals surface area contributed by atoms with Gasteiger partial charge in [-0.1, -0.05) is 6.58 Å². The normalized spacial score (nSPS) is 29.4. The smallest absolute Gasteiger partial charge is 0.335 e. The Bertz CT molecular complexity index is 174. The monoisotopic (exact) mass is 142 g/mol. The van der Waals surface area contributed by atoms with Crippen LogP contribution in [0.5, 0.6) is 0 Å². The van der Waals surface area contributed by atoms with Crippen LogP contribution in [-0.2, 0) is 14.3 Å². The summed E-state index contributed by atoms with van der Waals surface area (Å²) >= 11 is 0. The molecule has 1 heterocycles. The Morgan fingerprint density at radius 2 is 2.20 bits per heavy atom. The summed E-state index contributed by atoms with van der Waals surface area (Å²) in [5, 5.41) is 0. The summed E-state index contributed by atoms with van der Waals surface area (Å²) in [6, 6.07) is 0. The van der Waals surface area contributed by atoms with Gasteiger partial charge in [-0.05, 0) is 13.8 Å². The molecule has 10 heavy (non-hydrogen) atoms. The number of epoxide rings is 1. The van der Waals surface area contributed by atoms with Gasteiger partial charge in [0.15, 0.2) is 0 Å². The van der Waals surface area contributed by atoms with Crippen molar-refractivity contribution in [3.05, 3.63) is 12.2 Å². The van der Waals surface area contributed by atoms with Crippen LogP contribution in [0.15, 0.2) is 12.2 Å². The van der Waals surface area contributed by atoms with Crippen LogP contribution in [0.2, 0.25) is 0 Å². The lowest BCUT2D eigenvalue weighted by Gasteiger charge is -1.97. The van der Waals surface area contributed by atoms with E-state index in [1.54, 1.807) is 6.92 Å². The van der Waals surface area contributed by atoms with Crippen LogP contribution in [0.1, 0.15) is 13.8 Å². The fourth-order valence-electron chi connectivity index (χ4n) is 0.496. The van der Waals surface area contributed by atoms with E-state index < -0.39 is 0 Å². The first-order valence-electron chi connectivity index (χ1n) is 3.13. The van der Waals surface area contributed by atoms with E-state index in [0.29, 0.717) is 5.57 Å². The summed E-state index contributed by atoms with van der Waals surface area (Å²) in [6.45, 7) is 6.88. The third-order valence-corrected chi connectivity index (χ3v) is 1.23. The molecule has 0 aromatic carbocycles. The van der Waals surface area contributed by atoms with Gasteiger partial charge < -0.3 is 9.47 Å². The van der Waals surface area contributed by atoms with Crippen LogP contribution < -0.4 is 0 Å². The Balaban J connectivity index is 2.26. The second-order valence-electron chi connectivity index (χ2n) is 2.40. The summed E-state index contributed by atoms with van der Waals surface area (Å²) < 4.78 is 9.63. The average molecular weight is 142 g/mol. The van der Waals surface area contributed by atoms with E-state index in [4.69, 9.17) is 9.47 Å². The Hall–Kier alpha value is -0.830. The number of hydrogen-bond donors (Lipinski definition) is 0. The van der Waals surface area contributed by atoms with E-state index in [9.17, 15) is 4.79 Å². The maximum atomic E-state index is 10.7. The molecule has 2 atom stereocenters. The van der Waals surface area contributed by atoms with Gasteiger partial charge in [-0.15, -0.1) is 0 Å². The zero-order chi connectivity index (χ0) is 7.72. The number of esters is 1. The molecule has 0 spiro atoms. The number of carbonyl (C=O) groups is 1. The first-order chi connectivity index (χ1) is 4.61. The first-order valence-corrected chi connectivity index (χ1v) is 3.13. The molecule has 1 rings (SSSR count). The highest BCUT2D eigenvalue weighted by molar-refractivity contribution is 5.87. The standard InChI is InChI=1S/C7H10O3/c1-4(2)6(8)10-7-5(3)9-7/h5,7H,1H2,2-3H3. The number of ether oxygens (including phenoxy) is 2. The van der Waals surface area contributed by atoms with Crippen LogP contribution >= 0.6 is 0 Å². The number of carbonyl (C=O) groups excluding carboxylic acids is 1. The lowest BCUT2D eigenvalue weighted by atomic mass is 10.4. The van der Waals surface area contributed by atoms with E-state index in [0.717, 1.165) is 0 Å². The third kappa shape index (κ3) is 1.57. The Kier molecular flexibility index (Phi) is 1.76. The minimum absolute atomic E-state index is 0.0586. The number of rotatable bonds is 2. The molecule has 0 aromatic heterocycles. The molecule has 1 aliphatic heterocycles. The summed E-state index contributed by atoms with van der Waals surface area (Å²) in [7, 11) is 0. The molecule has 0 aromatic rings. The molecule has 0 amide bonds. The van der Waals surface area contributed by atoms with Gasteiger partial charge in [0.2, 0.25) is 6.29 Å². The zero-order valence-corrected chi connectivity index (χ0v) is 6.09. The van der Waals surface area contributed by atoms with Crippen molar-refractivity contribution in [1.82, 2.24) is 0 Å². The molecule has 1 fully saturated rings. The number of hydrogen-bond acceptors (Lipinski definition) is 3. The molecule has 2 unspecified atom stereocenters. The van der Waals surface area contributed by atoms with E-state index in [1.165, 1.54) is 0 Å². The van der Waals surface area contributed by atoms with Crippen LogP contribution in [0.4, 0.5) is 0 Å². The summed E-state index contributed by atoms with van der Waals surface area (Å²) in [4.78, 5) is 10.7. The predicted octanol–water partition coefficient (Wildman–Crippen LogP) is 0.850. The van der Waals surface area contributed by atoms with Gasteiger partial charge in [-0.3, -0.25) is 0 Å². The van der Waals surface area contributed by atoms with Crippen molar-refractivity contribution in [1.29, 1.82) is 0 Å². The lowest BCUT2D eigenvalue weighted by Crippen LogP contribution is -2.08. The molecule has 3 heteroatoms. The second kappa shape index (κ2) is 2.42. The minimum Gasteiger partial charge on any atom is -0.430 e. The van der Waals surface area contributed by atoms with Crippen molar-refractivity contribution in [3.8, 4) is 0 Å². The molecular weight excluding hydrogens is 132 g/mol. The maximum Gasteiger partial charge on any atom is 0.335 e. The first kappa shape index (κ1) is 7.28. The van der Waals surface area contributed by atoms with Gasteiger partial charge in [0.05, 0.1) is 0 Å². The Morgan fingerprint density at radius 1 is 1.70 bits per heavy atom. The lowest BCUT2D eigenvalue weighted by molar-refractivity contribution is -0.143. The molecule has 0 saturated carbocycles. The van der Waals surface area contributed by atoms with Crippen molar-refractivity contribution >= 4 is 5.97 Å². The van der Waals surface area contributed by atoms with Gasteiger partial charge in [0, 0.05) is 5.57 Å². The second-order valence-corrected chi connectivity index (χ2v) is 2.40. The van der Waals surface area contributed by atoms with E-state index in [1.807, 2.05) is 6.92 Å². The molecule has 1 aliphatic rings. The SMILES string of the molecule is C=C(C)C(=O)OC1OC1C. The molecule has 0 aliphatic carbocycles. The Morgan fingerprint density at radius 3 is 2.50 bits per heavy atom. The van der Waals surface area contributed by atoms with Crippen LogP contribution in [0, 0.1) is 0 Å². The fourth-order valence-corrected chi connectivity index (χ4v) is 0.496. The van der Waals surface area contributed by atoms with Crippen LogP contribution in [0.3, 0.4) is 0 Å². The summed E-state index contributed by atoms with van der Waals surface area (Å²) in [5.74, 6) is -0.380. The molecule has 0 radical (unpaired) electrons. The van der Waals surface area contributed by atoms with Crippen molar-refractivity contribution in [2.75, 3.05) is 0 Å². The predicted molar refractivity (Wildman–Crippen MR) is 35.2 cm³/mol.